The number of hydrogen-bond donors (Lipinski definition) is 3. The summed E-state index contributed by atoms with van der Waals surface area (Å²) in [5.74, 6) is -1.15. The van der Waals surface area contributed by atoms with Crippen molar-refractivity contribution in [3.05, 3.63) is 23.7 Å². The summed E-state index contributed by atoms with van der Waals surface area (Å²) in [6, 6.07) is 0. The molecule has 5 N–H and O–H groups in total. The minimum Gasteiger partial charge on any atom is -0.504 e. The van der Waals surface area contributed by atoms with Crippen molar-refractivity contribution in [2.45, 2.75) is 0 Å². The Balaban J connectivity index is 3.27. The molecule has 0 aromatic carbocycles. The predicted molar refractivity (Wildman–Crippen MR) is 54.9 cm³/mol. The Hall–Kier alpha value is -2.24. The van der Waals surface area contributed by atoms with Crippen LogP contribution in [0.1, 0.15) is 16.1 Å². The zero-order valence-electron chi connectivity index (χ0n) is 8.10. The topological polar surface area (TPSA) is 111 Å². The molecule has 0 spiro atoms. The summed E-state index contributed by atoms with van der Waals surface area (Å²) in [5.41, 5.74) is 11.0. The van der Waals surface area contributed by atoms with Gasteiger partial charge in [-0.05, 0) is 12.3 Å². The number of aromatic hydroxyl groups is 1. The van der Waals surface area contributed by atoms with Crippen molar-refractivity contribution >= 4 is 17.7 Å². The fraction of sp³-hybridized carbons (Fsp3) is 0.111. The molecular weight excluding hydrogens is 198 g/mol. The first-order valence-corrected chi connectivity index (χ1v) is 4.05. The van der Waals surface area contributed by atoms with E-state index >= 15 is 0 Å². The van der Waals surface area contributed by atoms with E-state index in [9.17, 15) is 9.90 Å². The second-order valence-corrected chi connectivity index (χ2v) is 2.68. The molecule has 1 aromatic heterocycles. The van der Waals surface area contributed by atoms with Crippen molar-refractivity contribution in [1.82, 2.24) is 4.98 Å². The third-order valence-electron chi connectivity index (χ3n) is 1.78. The van der Waals surface area contributed by atoms with Crippen LogP contribution in [-0.4, -0.2) is 23.2 Å². The maximum atomic E-state index is 11.1. The number of carbonyl (C=O) groups excluding carboxylic acids is 1. The normalized spacial score (nSPS) is 10.5. The quantitative estimate of drug-likeness (QED) is 0.595. The van der Waals surface area contributed by atoms with Crippen LogP contribution in [0, 0.1) is 0 Å². The van der Waals surface area contributed by atoms with Crippen molar-refractivity contribution in [2.24, 2.45) is 5.73 Å². The molecule has 0 amide bonds. The number of ether oxygens (including phenoxy) is 1. The van der Waals surface area contributed by atoms with E-state index in [0.29, 0.717) is 5.56 Å². The van der Waals surface area contributed by atoms with Gasteiger partial charge in [0.1, 0.15) is 0 Å². The first-order valence-electron chi connectivity index (χ1n) is 4.05. The number of pyridine rings is 1. The molecule has 1 rings (SSSR count). The van der Waals surface area contributed by atoms with Gasteiger partial charge < -0.3 is 21.3 Å². The summed E-state index contributed by atoms with van der Waals surface area (Å²) in [5, 5.41) is 9.54. The molecular formula is C9H11N3O3. The molecule has 0 aliphatic rings. The molecule has 0 aliphatic heterocycles. The second-order valence-electron chi connectivity index (χ2n) is 2.68. The number of rotatable bonds is 2. The van der Waals surface area contributed by atoms with Gasteiger partial charge in [0.05, 0.1) is 12.8 Å². The highest BCUT2D eigenvalue weighted by molar-refractivity contribution is 5.93. The Kier molecular flexibility index (Phi) is 3.12. The Morgan fingerprint density at radius 1 is 1.67 bits per heavy atom. The Morgan fingerprint density at radius 3 is 2.87 bits per heavy atom. The number of anilines is 1. The second kappa shape index (κ2) is 4.32. The predicted octanol–water partition coefficient (Wildman–Crippen LogP) is 0.0854. The number of methoxy groups -OCH3 is 1. The van der Waals surface area contributed by atoms with Crippen LogP contribution in [0.2, 0.25) is 0 Å². The van der Waals surface area contributed by atoms with Crippen LogP contribution in [0.15, 0.2) is 12.4 Å². The third kappa shape index (κ3) is 1.98. The summed E-state index contributed by atoms with van der Waals surface area (Å²) in [6.45, 7) is 0. The highest BCUT2D eigenvalue weighted by Crippen LogP contribution is 2.27. The lowest BCUT2D eigenvalue weighted by Crippen LogP contribution is -2.07. The minimum absolute atomic E-state index is 0.0344. The standard InChI is InChI=1S/C9H11N3O3/c1-15-9(14)7-8(13)6(11)5(2-3-10)4-12-7/h2-4,13H,10H2,1H3,(H2,11,12)/b3-2-. The number of esters is 1. The molecule has 6 nitrogen and oxygen atoms in total. The van der Waals surface area contributed by atoms with Crippen LogP contribution in [-0.2, 0) is 4.74 Å². The van der Waals surface area contributed by atoms with Gasteiger partial charge in [0, 0.05) is 11.8 Å². The van der Waals surface area contributed by atoms with Crippen molar-refractivity contribution in [1.29, 1.82) is 0 Å². The van der Waals surface area contributed by atoms with Gasteiger partial charge in [-0.25, -0.2) is 9.78 Å². The van der Waals surface area contributed by atoms with Crippen LogP contribution in [0.5, 0.6) is 5.75 Å². The molecule has 0 aliphatic carbocycles. The number of hydrogen-bond acceptors (Lipinski definition) is 6. The molecule has 0 unspecified atom stereocenters. The first kappa shape index (κ1) is 10.8. The van der Waals surface area contributed by atoms with Crippen LogP contribution < -0.4 is 11.5 Å². The highest BCUT2D eigenvalue weighted by Gasteiger charge is 2.17. The van der Waals surface area contributed by atoms with Gasteiger partial charge in [-0.1, -0.05) is 0 Å². The molecule has 0 radical (unpaired) electrons. The summed E-state index contributed by atoms with van der Waals surface area (Å²) in [4.78, 5) is 14.8. The molecule has 1 aromatic rings. The molecule has 0 fully saturated rings. The van der Waals surface area contributed by atoms with Crippen LogP contribution in [0.3, 0.4) is 0 Å². The molecule has 0 atom stereocenters. The van der Waals surface area contributed by atoms with Crippen molar-refractivity contribution in [2.75, 3.05) is 12.8 Å². The lowest BCUT2D eigenvalue weighted by molar-refractivity contribution is 0.0590. The lowest BCUT2D eigenvalue weighted by Gasteiger charge is -2.06. The SMILES string of the molecule is COC(=O)c1ncc(/C=C\N)c(N)c1O. The van der Waals surface area contributed by atoms with Crippen molar-refractivity contribution in [3.8, 4) is 5.75 Å². The maximum absolute atomic E-state index is 11.1. The third-order valence-corrected chi connectivity index (χ3v) is 1.78. The maximum Gasteiger partial charge on any atom is 0.360 e. The fourth-order valence-corrected chi connectivity index (χ4v) is 1.01. The van der Waals surface area contributed by atoms with Gasteiger partial charge in [-0.15, -0.1) is 0 Å². The van der Waals surface area contributed by atoms with E-state index < -0.39 is 11.7 Å². The number of nitrogen functional groups attached to an aromatic ring is 1. The van der Waals surface area contributed by atoms with Gasteiger partial charge in [-0.3, -0.25) is 0 Å². The summed E-state index contributed by atoms with van der Waals surface area (Å²) < 4.78 is 4.41. The summed E-state index contributed by atoms with van der Waals surface area (Å²) in [6.07, 6.45) is 4.04. The summed E-state index contributed by atoms with van der Waals surface area (Å²) in [7, 11) is 1.19. The molecule has 6 heteroatoms. The zero-order valence-corrected chi connectivity index (χ0v) is 8.10. The molecule has 15 heavy (non-hydrogen) atoms. The fourth-order valence-electron chi connectivity index (χ4n) is 1.01. The van der Waals surface area contributed by atoms with Gasteiger partial charge in [0.15, 0.2) is 11.4 Å². The molecule has 0 bridgehead atoms. The van der Waals surface area contributed by atoms with Crippen LogP contribution in [0.25, 0.3) is 6.08 Å². The van der Waals surface area contributed by atoms with E-state index in [4.69, 9.17) is 11.5 Å². The van der Waals surface area contributed by atoms with E-state index in [1.807, 2.05) is 0 Å². The molecule has 0 saturated carbocycles. The van der Waals surface area contributed by atoms with E-state index in [2.05, 4.69) is 9.72 Å². The monoisotopic (exact) mass is 209 g/mol. The van der Waals surface area contributed by atoms with Gasteiger partial charge >= 0.3 is 5.97 Å². The number of nitrogens with two attached hydrogens (primary N) is 2. The van der Waals surface area contributed by atoms with Crippen LogP contribution in [0.4, 0.5) is 5.69 Å². The smallest absolute Gasteiger partial charge is 0.360 e. The lowest BCUT2D eigenvalue weighted by atomic mass is 10.2. The van der Waals surface area contributed by atoms with E-state index in [-0.39, 0.29) is 11.4 Å². The average Bonchev–Trinajstić information content (AvgIpc) is 2.24. The Morgan fingerprint density at radius 2 is 2.33 bits per heavy atom. The van der Waals surface area contributed by atoms with Crippen LogP contribution >= 0.6 is 0 Å². The number of nitrogens with zero attached hydrogens (tertiary/aromatic N) is 1. The van der Waals surface area contributed by atoms with E-state index in [1.165, 1.54) is 25.6 Å². The molecule has 0 saturated heterocycles. The van der Waals surface area contributed by atoms with Crippen molar-refractivity contribution in [3.63, 3.8) is 0 Å². The Labute approximate surface area is 86.2 Å². The van der Waals surface area contributed by atoms with Gasteiger partial charge in [0.2, 0.25) is 0 Å². The number of aromatic nitrogens is 1. The number of carbonyl (C=O) groups is 1. The van der Waals surface area contributed by atoms with Gasteiger partial charge in [0.25, 0.3) is 0 Å². The van der Waals surface area contributed by atoms with Gasteiger partial charge in [-0.2, -0.15) is 0 Å². The van der Waals surface area contributed by atoms with E-state index in [1.54, 1.807) is 0 Å². The molecule has 1 heterocycles. The van der Waals surface area contributed by atoms with Crippen molar-refractivity contribution < 1.29 is 14.6 Å². The summed E-state index contributed by atoms with van der Waals surface area (Å²) >= 11 is 0. The highest BCUT2D eigenvalue weighted by atomic mass is 16.5. The first-order chi connectivity index (χ1) is 7.11. The largest absolute Gasteiger partial charge is 0.504 e. The Bertz CT molecular complexity index is 415. The average molecular weight is 209 g/mol. The minimum atomic E-state index is -0.748. The zero-order chi connectivity index (χ0) is 11.4. The van der Waals surface area contributed by atoms with E-state index in [0.717, 1.165) is 0 Å². The molecule has 80 valence electrons.